The van der Waals surface area contributed by atoms with Crippen LogP contribution in [0.3, 0.4) is 0 Å². The Kier molecular flexibility index (Phi) is 7.29. The first-order valence-electron chi connectivity index (χ1n) is 11.6. The minimum Gasteiger partial charge on any atom is -0.381 e. The summed E-state index contributed by atoms with van der Waals surface area (Å²) in [5, 5.41) is 4.96. The number of aryl methyl sites for hydroxylation is 1. The fourth-order valence-corrected chi connectivity index (χ4v) is 4.19. The predicted molar refractivity (Wildman–Crippen MR) is 131 cm³/mol. The molecule has 0 aromatic heterocycles. The van der Waals surface area contributed by atoms with Crippen molar-refractivity contribution in [2.45, 2.75) is 51.9 Å². The molecule has 3 aromatic carbocycles. The molecular formula is C28H31FN2O3. The molecule has 1 heterocycles. The first-order valence-corrected chi connectivity index (χ1v) is 11.6. The van der Waals surface area contributed by atoms with Gasteiger partial charge in [-0.3, -0.25) is 0 Å². The molecule has 0 spiro atoms. The topological polar surface area (TPSA) is 50.8 Å². The molecule has 1 aliphatic rings. The number of benzene rings is 3. The molecule has 0 aliphatic carbocycles. The van der Waals surface area contributed by atoms with Crippen molar-refractivity contribution < 1.29 is 18.8 Å². The lowest BCUT2D eigenvalue weighted by molar-refractivity contribution is -0.219. The van der Waals surface area contributed by atoms with Gasteiger partial charge in [0, 0.05) is 12.2 Å². The molecule has 5 nitrogen and oxygen atoms in total. The quantitative estimate of drug-likeness (QED) is 0.453. The van der Waals surface area contributed by atoms with Crippen LogP contribution in [0.25, 0.3) is 0 Å². The third-order valence-electron chi connectivity index (χ3n) is 6.22. The van der Waals surface area contributed by atoms with Crippen LogP contribution in [0.4, 0.5) is 10.1 Å². The Morgan fingerprint density at radius 1 is 1.12 bits per heavy atom. The molecule has 34 heavy (non-hydrogen) atoms. The zero-order chi connectivity index (χ0) is 24.1. The van der Waals surface area contributed by atoms with Gasteiger partial charge in [-0.05, 0) is 74.6 Å². The average molecular weight is 463 g/mol. The van der Waals surface area contributed by atoms with Gasteiger partial charge in [-0.1, -0.05) is 48.5 Å². The highest BCUT2D eigenvalue weighted by molar-refractivity contribution is 5.89. The largest absolute Gasteiger partial charge is 0.381 e. The molecule has 0 saturated carbocycles. The van der Waals surface area contributed by atoms with Crippen LogP contribution in [0.2, 0.25) is 0 Å². The summed E-state index contributed by atoms with van der Waals surface area (Å²) in [5.41, 5.74) is 3.18. The monoisotopic (exact) mass is 462 g/mol. The summed E-state index contributed by atoms with van der Waals surface area (Å²) in [6.07, 6.45) is 1.29. The Bertz CT molecular complexity index is 1120. The van der Waals surface area contributed by atoms with E-state index in [0.717, 1.165) is 16.8 Å². The molecule has 4 rings (SSSR count). The summed E-state index contributed by atoms with van der Waals surface area (Å²) in [4.78, 5) is 18.4. The highest BCUT2D eigenvalue weighted by Gasteiger charge is 2.43. The van der Waals surface area contributed by atoms with Gasteiger partial charge in [0.1, 0.15) is 11.5 Å². The van der Waals surface area contributed by atoms with E-state index in [4.69, 9.17) is 9.57 Å². The summed E-state index contributed by atoms with van der Waals surface area (Å²) in [6, 6.07) is 22.3. The predicted octanol–water partition coefficient (Wildman–Crippen LogP) is 5.89. The number of halogens is 1. The molecule has 6 heteroatoms. The SMILES string of the molecule is Cc1c(F)cc(NCc2ccccc2)cc1CC[C@H]1COC(C)(C)N1OC(=O)c1ccccc1. The molecular weight excluding hydrogens is 431 g/mol. The number of anilines is 1. The van der Waals surface area contributed by atoms with Gasteiger partial charge < -0.3 is 14.9 Å². The fourth-order valence-electron chi connectivity index (χ4n) is 4.19. The molecule has 1 atom stereocenters. The van der Waals surface area contributed by atoms with Gasteiger partial charge in [-0.2, -0.15) is 0 Å². The van der Waals surface area contributed by atoms with Gasteiger partial charge >= 0.3 is 5.97 Å². The van der Waals surface area contributed by atoms with Crippen molar-refractivity contribution in [2.24, 2.45) is 0 Å². The van der Waals surface area contributed by atoms with Crippen LogP contribution in [0.15, 0.2) is 72.8 Å². The number of rotatable bonds is 8. The second-order valence-corrected chi connectivity index (χ2v) is 9.10. The van der Waals surface area contributed by atoms with Gasteiger partial charge in [0.2, 0.25) is 0 Å². The molecule has 3 aromatic rings. The number of hydrogen-bond acceptors (Lipinski definition) is 5. The van der Waals surface area contributed by atoms with Crippen LogP contribution >= 0.6 is 0 Å². The first-order chi connectivity index (χ1) is 16.3. The number of ether oxygens (including phenoxy) is 1. The molecule has 0 radical (unpaired) electrons. The van der Waals surface area contributed by atoms with Crippen molar-refractivity contribution >= 4 is 11.7 Å². The van der Waals surface area contributed by atoms with E-state index in [1.807, 2.05) is 56.3 Å². The maximum absolute atomic E-state index is 14.7. The summed E-state index contributed by atoms with van der Waals surface area (Å²) in [7, 11) is 0. The number of nitrogens with one attached hydrogen (secondary N) is 1. The lowest BCUT2D eigenvalue weighted by Crippen LogP contribution is -2.45. The normalized spacial score (nSPS) is 17.5. The van der Waals surface area contributed by atoms with Gasteiger partial charge in [-0.15, -0.1) is 5.06 Å². The van der Waals surface area contributed by atoms with E-state index in [9.17, 15) is 9.18 Å². The Morgan fingerprint density at radius 3 is 2.50 bits per heavy atom. The molecule has 0 unspecified atom stereocenters. The van der Waals surface area contributed by atoms with E-state index in [1.165, 1.54) is 6.07 Å². The van der Waals surface area contributed by atoms with Crippen LogP contribution in [0.5, 0.6) is 0 Å². The van der Waals surface area contributed by atoms with Crippen molar-refractivity contribution in [3.05, 3.63) is 101 Å². The zero-order valence-corrected chi connectivity index (χ0v) is 19.9. The van der Waals surface area contributed by atoms with E-state index < -0.39 is 11.7 Å². The van der Waals surface area contributed by atoms with Gasteiger partial charge in [-0.25, -0.2) is 9.18 Å². The van der Waals surface area contributed by atoms with Crippen LogP contribution in [0.1, 0.15) is 47.3 Å². The van der Waals surface area contributed by atoms with Gasteiger partial charge in [0.15, 0.2) is 0 Å². The lowest BCUT2D eigenvalue weighted by atomic mass is 9.99. The molecule has 1 aliphatic heterocycles. The van der Waals surface area contributed by atoms with E-state index in [2.05, 4.69) is 5.32 Å². The van der Waals surface area contributed by atoms with Crippen LogP contribution in [-0.2, 0) is 22.5 Å². The lowest BCUT2D eigenvalue weighted by Gasteiger charge is -2.31. The van der Waals surface area contributed by atoms with Gasteiger partial charge in [0.05, 0.1) is 18.2 Å². The van der Waals surface area contributed by atoms with Crippen molar-refractivity contribution in [3.63, 3.8) is 0 Å². The number of hydroxylamine groups is 2. The number of nitrogens with zero attached hydrogens (tertiary/aromatic N) is 1. The number of carbonyl (C=O) groups excluding carboxylic acids is 1. The number of hydrogen-bond donors (Lipinski definition) is 1. The molecule has 178 valence electrons. The maximum atomic E-state index is 14.7. The zero-order valence-electron chi connectivity index (χ0n) is 19.9. The number of carbonyl (C=O) groups is 1. The van der Waals surface area contributed by atoms with Gasteiger partial charge in [0.25, 0.3) is 0 Å². The van der Waals surface area contributed by atoms with Crippen LogP contribution in [0, 0.1) is 12.7 Å². The maximum Gasteiger partial charge on any atom is 0.357 e. The smallest absolute Gasteiger partial charge is 0.357 e. The third kappa shape index (κ3) is 5.64. The van der Waals surface area contributed by atoms with Crippen molar-refractivity contribution in [3.8, 4) is 0 Å². The Labute approximate surface area is 200 Å². The Morgan fingerprint density at radius 2 is 1.79 bits per heavy atom. The summed E-state index contributed by atoms with van der Waals surface area (Å²) in [5.74, 6) is -0.651. The average Bonchev–Trinajstić information content (AvgIpc) is 3.13. The Balaban J connectivity index is 1.43. The second-order valence-electron chi connectivity index (χ2n) is 9.10. The highest BCUT2D eigenvalue weighted by atomic mass is 19.1. The minimum atomic E-state index is -0.742. The van der Waals surface area contributed by atoms with Crippen molar-refractivity contribution in [1.29, 1.82) is 0 Å². The van der Waals surface area contributed by atoms with Crippen molar-refractivity contribution in [1.82, 2.24) is 5.06 Å². The van der Waals surface area contributed by atoms with Crippen molar-refractivity contribution in [2.75, 3.05) is 11.9 Å². The summed E-state index contributed by atoms with van der Waals surface area (Å²) < 4.78 is 20.6. The molecule has 1 N–H and O–H groups in total. The fraction of sp³-hybridized carbons (Fsp3) is 0.321. The highest BCUT2D eigenvalue weighted by Crippen LogP contribution is 2.31. The third-order valence-corrected chi connectivity index (χ3v) is 6.22. The summed E-state index contributed by atoms with van der Waals surface area (Å²) >= 11 is 0. The molecule has 0 amide bonds. The minimum absolute atomic E-state index is 0.133. The Hall–Kier alpha value is -3.22. The van der Waals surface area contributed by atoms with Crippen LogP contribution < -0.4 is 5.32 Å². The van der Waals surface area contributed by atoms with E-state index >= 15 is 0 Å². The van der Waals surface area contributed by atoms with E-state index in [1.54, 1.807) is 36.3 Å². The second kappa shape index (κ2) is 10.4. The standard InChI is InChI=1S/C28H31FN2O3/c1-20-23(16-24(17-26(20)29)30-18-21-10-6-4-7-11-21)14-15-25-19-33-28(2,3)31(25)34-27(32)22-12-8-5-9-13-22/h4-13,16-17,25,30H,14-15,18-19H2,1-3H3/t25-/m0/s1. The molecule has 1 saturated heterocycles. The van der Waals surface area contributed by atoms with E-state index in [-0.39, 0.29) is 11.9 Å². The molecule has 0 bridgehead atoms. The van der Waals surface area contributed by atoms with Crippen LogP contribution in [-0.4, -0.2) is 29.4 Å². The molecule has 1 fully saturated rings. The summed E-state index contributed by atoms with van der Waals surface area (Å²) in [6.45, 7) is 6.61. The first kappa shape index (κ1) is 23.9. The van der Waals surface area contributed by atoms with E-state index in [0.29, 0.717) is 37.1 Å².